The van der Waals surface area contributed by atoms with E-state index in [1.165, 1.54) is 4.90 Å². The molecule has 1 fully saturated rings. The highest BCUT2D eigenvalue weighted by molar-refractivity contribution is 6.46. The molecule has 1 heterocycles. The standard InChI is InChI=1S/C22H22ClNO4/c1-3-4-13-24-19(14-7-11-17(28-2)12-8-14)18(21(26)22(24)27)20(25)15-5-9-16(23)10-6-15/h5-12,19,25H,3-4,13H2,1-2H3/b20-18-. The van der Waals surface area contributed by atoms with E-state index in [-0.39, 0.29) is 11.3 Å². The van der Waals surface area contributed by atoms with Crippen molar-refractivity contribution in [1.82, 2.24) is 4.90 Å². The molecule has 5 nitrogen and oxygen atoms in total. The topological polar surface area (TPSA) is 66.8 Å². The number of amides is 1. The van der Waals surface area contributed by atoms with Gasteiger partial charge in [0, 0.05) is 17.1 Å². The van der Waals surface area contributed by atoms with Gasteiger partial charge in [-0.2, -0.15) is 0 Å². The second-order valence-electron chi connectivity index (χ2n) is 6.63. The van der Waals surface area contributed by atoms with Crippen LogP contribution in [0.1, 0.15) is 36.9 Å². The fourth-order valence-electron chi connectivity index (χ4n) is 3.34. The van der Waals surface area contributed by atoms with Gasteiger partial charge in [0.2, 0.25) is 0 Å². The quantitative estimate of drug-likeness (QED) is 0.439. The van der Waals surface area contributed by atoms with Gasteiger partial charge in [-0.25, -0.2) is 0 Å². The Kier molecular flexibility index (Phi) is 6.05. The number of ketones is 1. The number of methoxy groups -OCH3 is 1. The van der Waals surface area contributed by atoms with Crippen LogP contribution in [0.2, 0.25) is 5.02 Å². The molecule has 1 N–H and O–H groups in total. The van der Waals surface area contributed by atoms with Gasteiger partial charge in [-0.15, -0.1) is 0 Å². The van der Waals surface area contributed by atoms with Crippen LogP contribution in [-0.2, 0) is 9.59 Å². The van der Waals surface area contributed by atoms with Crippen molar-refractivity contribution in [2.24, 2.45) is 0 Å². The summed E-state index contributed by atoms with van der Waals surface area (Å²) < 4.78 is 5.20. The summed E-state index contributed by atoms with van der Waals surface area (Å²) in [5.41, 5.74) is 1.27. The van der Waals surface area contributed by atoms with Crippen molar-refractivity contribution in [2.75, 3.05) is 13.7 Å². The molecule has 1 amide bonds. The maximum absolute atomic E-state index is 12.8. The Morgan fingerprint density at radius 2 is 1.75 bits per heavy atom. The molecular weight excluding hydrogens is 378 g/mol. The molecule has 0 aromatic heterocycles. The van der Waals surface area contributed by atoms with Crippen LogP contribution in [0.5, 0.6) is 5.75 Å². The van der Waals surface area contributed by atoms with Crippen molar-refractivity contribution in [3.8, 4) is 5.75 Å². The molecule has 6 heteroatoms. The maximum Gasteiger partial charge on any atom is 0.295 e. The first-order chi connectivity index (χ1) is 13.5. The fraction of sp³-hybridized carbons (Fsp3) is 0.273. The number of Topliss-reactive ketones (excluding diaryl/α,β-unsaturated/α-hetero) is 1. The summed E-state index contributed by atoms with van der Waals surface area (Å²) in [5.74, 6) is -0.795. The number of ether oxygens (including phenoxy) is 1. The second-order valence-corrected chi connectivity index (χ2v) is 7.06. The molecule has 0 saturated carbocycles. The van der Waals surface area contributed by atoms with Crippen molar-refractivity contribution in [3.05, 3.63) is 70.3 Å². The Balaban J connectivity index is 2.13. The van der Waals surface area contributed by atoms with E-state index in [0.717, 1.165) is 18.4 Å². The average Bonchev–Trinajstić information content (AvgIpc) is 2.97. The Morgan fingerprint density at radius 1 is 1.11 bits per heavy atom. The van der Waals surface area contributed by atoms with E-state index in [2.05, 4.69) is 0 Å². The summed E-state index contributed by atoms with van der Waals surface area (Å²) in [7, 11) is 1.57. The Morgan fingerprint density at radius 3 is 2.32 bits per heavy atom. The number of nitrogens with zero attached hydrogens (tertiary/aromatic N) is 1. The molecule has 3 rings (SSSR count). The molecule has 2 aromatic rings. The van der Waals surface area contributed by atoms with Gasteiger partial charge < -0.3 is 14.7 Å². The lowest BCUT2D eigenvalue weighted by molar-refractivity contribution is -0.139. The fourth-order valence-corrected chi connectivity index (χ4v) is 3.46. The normalized spacial score (nSPS) is 18.5. The van der Waals surface area contributed by atoms with Gasteiger partial charge in [0.15, 0.2) is 0 Å². The van der Waals surface area contributed by atoms with Crippen LogP contribution >= 0.6 is 11.6 Å². The summed E-state index contributed by atoms with van der Waals surface area (Å²) >= 11 is 5.92. The largest absolute Gasteiger partial charge is 0.507 e. The third kappa shape index (κ3) is 3.76. The van der Waals surface area contributed by atoms with Crippen LogP contribution in [0.3, 0.4) is 0 Å². The van der Waals surface area contributed by atoms with Gasteiger partial charge >= 0.3 is 0 Å². The molecule has 146 valence electrons. The number of hydrogen-bond donors (Lipinski definition) is 1. The van der Waals surface area contributed by atoms with E-state index in [0.29, 0.717) is 22.9 Å². The average molecular weight is 400 g/mol. The zero-order valence-electron chi connectivity index (χ0n) is 15.8. The van der Waals surface area contributed by atoms with Crippen LogP contribution < -0.4 is 4.74 Å². The Bertz CT molecular complexity index is 903. The van der Waals surface area contributed by atoms with Gasteiger partial charge in [0.1, 0.15) is 11.5 Å². The van der Waals surface area contributed by atoms with Crippen molar-refractivity contribution in [2.45, 2.75) is 25.8 Å². The summed E-state index contributed by atoms with van der Waals surface area (Å²) in [4.78, 5) is 27.0. The minimum Gasteiger partial charge on any atom is -0.507 e. The number of rotatable bonds is 6. The van der Waals surface area contributed by atoms with Crippen molar-refractivity contribution in [3.63, 3.8) is 0 Å². The number of aliphatic hydroxyl groups is 1. The zero-order chi connectivity index (χ0) is 20.3. The monoisotopic (exact) mass is 399 g/mol. The van der Waals surface area contributed by atoms with Gasteiger partial charge in [-0.1, -0.05) is 37.1 Å². The van der Waals surface area contributed by atoms with E-state index < -0.39 is 17.7 Å². The van der Waals surface area contributed by atoms with Gasteiger partial charge in [0.05, 0.1) is 18.7 Å². The van der Waals surface area contributed by atoms with Gasteiger partial charge in [-0.3, -0.25) is 9.59 Å². The molecule has 0 aliphatic carbocycles. The molecule has 28 heavy (non-hydrogen) atoms. The number of halogens is 1. The first-order valence-corrected chi connectivity index (χ1v) is 9.54. The summed E-state index contributed by atoms with van der Waals surface area (Å²) in [5, 5.41) is 11.4. The van der Waals surface area contributed by atoms with Crippen molar-refractivity contribution >= 4 is 29.1 Å². The van der Waals surface area contributed by atoms with Gasteiger partial charge in [0.25, 0.3) is 11.7 Å². The lowest BCUT2D eigenvalue weighted by Gasteiger charge is -2.25. The first kappa shape index (κ1) is 20.0. The predicted molar refractivity (Wildman–Crippen MR) is 108 cm³/mol. The zero-order valence-corrected chi connectivity index (χ0v) is 16.6. The number of hydrogen-bond acceptors (Lipinski definition) is 4. The number of unbranched alkanes of at least 4 members (excludes halogenated alkanes) is 1. The van der Waals surface area contributed by atoms with Crippen LogP contribution in [0.25, 0.3) is 5.76 Å². The van der Waals surface area contributed by atoms with E-state index >= 15 is 0 Å². The molecule has 2 aromatic carbocycles. The number of carbonyl (C=O) groups excluding carboxylic acids is 2. The highest BCUT2D eigenvalue weighted by Gasteiger charge is 2.45. The lowest BCUT2D eigenvalue weighted by Crippen LogP contribution is -2.30. The summed E-state index contributed by atoms with van der Waals surface area (Å²) in [6.45, 7) is 2.46. The van der Waals surface area contributed by atoms with E-state index in [4.69, 9.17) is 16.3 Å². The van der Waals surface area contributed by atoms with Crippen LogP contribution in [0, 0.1) is 0 Å². The number of aliphatic hydroxyl groups excluding tert-OH is 1. The SMILES string of the molecule is CCCCN1C(=O)C(=O)/C(=C(\O)c2ccc(Cl)cc2)C1c1ccc(OC)cc1. The summed E-state index contributed by atoms with van der Waals surface area (Å²) in [6, 6.07) is 13.0. The molecule has 0 bridgehead atoms. The number of carbonyl (C=O) groups is 2. The molecule has 1 saturated heterocycles. The highest BCUT2D eigenvalue weighted by Crippen LogP contribution is 2.40. The third-order valence-electron chi connectivity index (χ3n) is 4.84. The lowest BCUT2D eigenvalue weighted by atomic mass is 9.95. The third-order valence-corrected chi connectivity index (χ3v) is 5.09. The molecule has 1 unspecified atom stereocenters. The minimum atomic E-state index is -0.677. The first-order valence-electron chi connectivity index (χ1n) is 9.16. The number of benzene rings is 2. The van der Waals surface area contributed by atoms with Crippen LogP contribution in [0.15, 0.2) is 54.1 Å². The smallest absolute Gasteiger partial charge is 0.295 e. The number of likely N-dealkylation sites (tertiary alicyclic amines) is 1. The summed E-state index contributed by atoms with van der Waals surface area (Å²) in [6.07, 6.45) is 1.65. The van der Waals surface area contributed by atoms with Gasteiger partial charge in [-0.05, 0) is 48.4 Å². The molecule has 0 radical (unpaired) electrons. The van der Waals surface area contributed by atoms with E-state index in [1.54, 1.807) is 43.5 Å². The predicted octanol–water partition coefficient (Wildman–Crippen LogP) is 4.57. The molecule has 1 aliphatic rings. The molecular formula is C22H22ClNO4. The second kappa shape index (κ2) is 8.48. The highest BCUT2D eigenvalue weighted by atomic mass is 35.5. The van der Waals surface area contributed by atoms with Crippen molar-refractivity contribution in [1.29, 1.82) is 0 Å². The van der Waals surface area contributed by atoms with E-state index in [1.807, 2.05) is 19.1 Å². The molecule has 1 aliphatic heterocycles. The van der Waals surface area contributed by atoms with E-state index in [9.17, 15) is 14.7 Å². The maximum atomic E-state index is 12.8. The molecule has 1 atom stereocenters. The molecule has 0 spiro atoms. The Labute approximate surface area is 169 Å². The van der Waals surface area contributed by atoms with Crippen molar-refractivity contribution < 1.29 is 19.4 Å². The minimum absolute atomic E-state index is 0.0913. The van der Waals surface area contributed by atoms with Crippen LogP contribution in [0.4, 0.5) is 0 Å². The Hall–Kier alpha value is -2.79. The van der Waals surface area contributed by atoms with Crippen LogP contribution in [-0.4, -0.2) is 35.4 Å².